The molecule has 0 aromatic carbocycles. The van der Waals surface area contributed by atoms with E-state index in [0.717, 1.165) is 36.5 Å². The minimum absolute atomic E-state index is 0.505. The number of rotatable bonds is 6. The first-order chi connectivity index (χ1) is 11.2. The van der Waals surface area contributed by atoms with Crippen molar-refractivity contribution in [1.82, 2.24) is 20.5 Å². The molecule has 0 bridgehead atoms. The van der Waals surface area contributed by atoms with Crippen LogP contribution in [0.25, 0.3) is 0 Å². The van der Waals surface area contributed by atoms with Crippen LogP contribution in [0.2, 0.25) is 0 Å². The van der Waals surface area contributed by atoms with Gasteiger partial charge in [-0.2, -0.15) is 0 Å². The van der Waals surface area contributed by atoms with Crippen molar-refractivity contribution < 1.29 is 0 Å². The summed E-state index contributed by atoms with van der Waals surface area (Å²) in [5.41, 5.74) is 0. The van der Waals surface area contributed by atoms with Gasteiger partial charge in [-0.05, 0) is 39.5 Å². The second-order valence-corrected chi connectivity index (χ2v) is 7.82. The summed E-state index contributed by atoms with van der Waals surface area (Å²) in [6.07, 6.45) is 7.00. The summed E-state index contributed by atoms with van der Waals surface area (Å²) in [6, 6.07) is 2.04. The number of guanidine groups is 1. The molecule has 2 heterocycles. The molecule has 23 heavy (non-hydrogen) atoms. The first-order valence-corrected chi connectivity index (χ1v) is 9.75. The average molecular weight is 336 g/mol. The molecule has 1 aromatic rings. The number of likely N-dealkylation sites (tertiary alicyclic amines) is 1. The summed E-state index contributed by atoms with van der Waals surface area (Å²) in [5, 5.41) is 8.09. The minimum atomic E-state index is 0.505. The standard InChI is InChI=1S/C17H29N5S/c1-4-15-9-19-16(23-15)10-20-17(18-5-2)21-13-8-12(3)22(11-13)14-6-7-14/h9,12-14H,4-8,10-11H2,1-3H3,(H2,18,20,21). The molecule has 1 aliphatic carbocycles. The van der Waals surface area contributed by atoms with Crippen LogP contribution in [0.4, 0.5) is 0 Å². The Bertz CT molecular complexity index is 537. The third-order valence-corrected chi connectivity index (χ3v) is 5.77. The maximum Gasteiger partial charge on any atom is 0.191 e. The number of aliphatic imine (C=N–C) groups is 1. The van der Waals surface area contributed by atoms with Crippen molar-refractivity contribution in [2.45, 2.75) is 71.1 Å². The van der Waals surface area contributed by atoms with E-state index in [9.17, 15) is 0 Å². The van der Waals surface area contributed by atoms with Crippen LogP contribution in [-0.2, 0) is 13.0 Å². The van der Waals surface area contributed by atoms with Crippen LogP contribution >= 0.6 is 11.3 Å². The highest BCUT2D eigenvalue weighted by atomic mass is 32.1. The lowest BCUT2D eigenvalue weighted by atomic mass is 10.2. The van der Waals surface area contributed by atoms with Gasteiger partial charge in [0.25, 0.3) is 0 Å². The Labute approximate surface area is 143 Å². The van der Waals surface area contributed by atoms with Crippen LogP contribution < -0.4 is 10.6 Å². The monoisotopic (exact) mass is 335 g/mol. The van der Waals surface area contributed by atoms with E-state index in [-0.39, 0.29) is 0 Å². The van der Waals surface area contributed by atoms with Crippen molar-refractivity contribution in [2.75, 3.05) is 13.1 Å². The number of nitrogens with zero attached hydrogens (tertiary/aromatic N) is 3. The Morgan fingerprint density at radius 3 is 2.91 bits per heavy atom. The third-order valence-electron chi connectivity index (χ3n) is 4.65. The fourth-order valence-electron chi connectivity index (χ4n) is 3.32. The molecule has 0 radical (unpaired) electrons. The normalized spacial score (nSPS) is 25.8. The molecule has 1 aromatic heterocycles. The van der Waals surface area contributed by atoms with E-state index in [0.29, 0.717) is 18.6 Å². The highest BCUT2D eigenvalue weighted by Crippen LogP contribution is 2.33. The van der Waals surface area contributed by atoms with Gasteiger partial charge in [-0.25, -0.2) is 9.98 Å². The van der Waals surface area contributed by atoms with Crippen LogP contribution in [0.15, 0.2) is 11.2 Å². The highest BCUT2D eigenvalue weighted by Gasteiger charge is 2.38. The highest BCUT2D eigenvalue weighted by molar-refractivity contribution is 7.11. The van der Waals surface area contributed by atoms with Gasteiger partial charge in [0.15, 0.2) is 5.96 Å². The lowest BCUT2D eigenvalue weighted by Crippen LogP contribution is -2.44. The fraction of sp³-hybridized carbons (Fsp3) is 0.765. The maximum atomic E-state index is 4.73. The van der Waals surface area contributed by atoms with E-state index < -0.39 is 0 Å². The van der Waals surface area contributed by atoms with Gasteiger partial charge < -0.3 is 10.6 Å². The molecule has 2 atom stereocenters. The molecule has 0 amide bonds. The number of thiazole rings is 1. The zero-order valence-corrected chi connectivity index (χ0v) is 15.3. The number of aryl methyl sites for hydroxylation is 1. The van der Waals surface area contributed by atoms with Crippen molar-refractivity contribution in [1.29, 1.82) is 0 Å². The molecule has 128 valence electrons. The van der Waals surface area contributed by atoms with Crippen LogP contribution in [0.1, 0.15) is 49.9 Å². The van der Waals surface area contributed by atoms with Crippen LogP contribution in [0.3, 0.4) is 0 Å². The first-order valence-electron chi connectivity index (χ1n) is 8.93. The van der Waals surface area contributed by atoms with Gasteiger partial charge in [-0.3, -0.25) is 4.90 Å². The van der Waals surface area contributed by atoms with Crippen LogP contribution in [0, 0.1) is 0 Å². The molecule has 2 unspecified atom stereocenters. The smallest absolute Gasteiger partial charge is 0.191 e. The van der Waals surface area contributed by atoms with Crippen molar-refractivity contribution >= 4 is 17.3 Å². The van der Waals surface area contributed by atoms with Crippen molar-refractivity contribution in [3.8, 4) is 0 Å². The van der Waals surface area contributed by atoms with E-state index in [1.54, 1.807) is 11.3 Å². The molecule has 1 saturated heterocycles. The van der Waals surface area contributed by atoms with Crippen molar-refractivity contribution in [2.24, 2.45) is 4.99 Å². The molecule has 0 spiro atoms. The molecule has 1 aliphatic heterocycles. The molecule has 6 heteroatoms. The molecule has 2 fully saturated rings. The summed E-state index contributed by atoms with van der Waals surface area (Å²) < 4.78 is 0. The summed E-state index contributed by atoms with van der Waals surface area (Å²) in [6.45, 7) is 9.33. The molecular weight excluding hydrogens is 306 g/mol. The largest absolute Gasteiger partial charge is 0.357 e. The topological polar surface area (TPSA) is 52.6 Å². The Morgan fingerprint density at radius 1 is 1.43 bits per heavy atom. The fourth-order valence-corrected chi connectivity index (χ4v) is 4.11. The van der Waals surface area contributed by atoms with E-state index in [2.05, 4.69) is 41.3 Å². The van der Waals surface area contributed by atoms with E-state index in [4.69, 9.17) is 4.99 Å². The second-order valence-electron chi connectivity index (χ2n) is 6.62. The lowest BCUT2D eigenvalue weighted by Gasteiger charge is -2.20. The van der Waals surface area contributed by atoms with Crippen molar-refractivity contribution in [3.63, 3.8) is 0 Å². The first kappa shape index (κ1) is 16.7. The predicted molar refractivity (Wildman–Crippen MR) is 97.0 cm³/mol. The third kappa shape index (κ3) is 4.44. The number of nitrogens with one attached hydrogen (secondary N) is 2. The van der Waals surface area contributed by atoms with Gasteiger partial charge in [0, 0.05) is 42.3 Å². The Kier molecular flexibility index (Phi) is 5.54. The Balaban J connectivity index is 1.56. The molecule has 5 nitrogen and oxygen atoms in total. The summed E-state index contributed by atoms with van der Waals surface area (Å²) in [5.74, 6) is 0.926. The average Bonchev–Trinajstić information content (AvgIpc) is 3.16. The second kappa shape index (κ2) is 7.62. The summed E-state index contributed by atoms with van der Waals surface area (Å²) in [4.78, 5) is 13.2. The zero-order valence-electron chi connectivity index (χ0n) is 14.5. The SMILES string of the molecule is CCNC(=NCc1ncc(CC)s1)NC1CC(C)N(C2CC2)C1. The Hall–Kier alpha value is -1.14. The zero-order chi connectivity index (χ0) is 16.2. The van der Waals surface area contributed by atoms with E-state index in [1.165, 1.54) is 24.1 Å². The lowest BCUT2D eigenvalue weighted by molar-refractivity contribution is 0.256. The van der Waals surface area contributed by atoms with Crippen molar-refractivity contribution in [3.05, 3.63) is 16.1 Å². The molecule has 2 aliphatic rings. The van der Waals surface area contributed by atoms with Gasteiger partial charge in [0.05, 0.1) is 6.54 Å². The van der Waals surface area contributed by atoms with E-state index >= 15 is 0 Å². The van der Waals surface area contributed by atoms with E-state index in [1.807, 2.05) is 6.20 Å². The summed E-state index contributed by atoms with van der Waals surface area (Å²) >= 11 is 1.77. The van der Waals surface area contributed by atoms with Gasteiger partial charge in [0.1, 0.15) is 5.01 Å². The number of aromatic nitrogens is 1. The van der Waals surface area contributed by atoms with Gasteiger partial charge in [-0.1, -0.05) is 6.92 Å². The minimum Gasteiger partial charge on any atom is -0.357 e. The van der Waals surface area contributed by atoms with Crippen LogP contribution in [0.5, 0.6) is 0 Å². The van der Waals surface area contributed by atoms with Gasteiger partial charge in [0.2, 0.25) is 0 Å². The van der Waals surface area contributed by atoms with Crippen LogP contribution in [-0.4, -0.2) is 47.1 Å². The maximum absolute atomic E-state index is 4.73. The molecule has 1 saturated carbocycles. The molecule has 2 N–H and O–H groups in total. The van der Waals surface area contributed by atoms with Gasteiger partial charge in [-0.15, -0.1) is 11.3 Å². The number of hydrogen-bond acceptors (Lipinski definition) is 4. The quantitative estimate of drug-likeness (QED) is 0.619. The molecular formula is C17H29N5S. The Morgan fingerprint density at radius 2 is 2.26 bits per heavy atom. The predicted octanol–water partition coefficient (Wildman–Crippen LogP) is 2.39. The van der Waals surface area contributed by atoms with Gasteiger partial charge >= 0.3 is 0 Å². The molecule has 3 rings (SSSR count). The number of hydrogen-bond donors (Lipinski definition) is 2. The summed E-state index contributed by atoms with van der Waals surface area (Å²) in [7, 11) is 0.